The SMILES string of the molecule is Cc1nnn(Cc2cccc(C(F)(F)F)c2)c1C(=O)NC1(c2ccc(C(=O)O)cc2)CC1. The first kappa shape index (κ1) is 21.5. The number of hydrogen-bond donors (Lipinski definition) is 2. The zero-order chi connectivity index (χ0) is 23.1. The molecule has 1 amide bonds. The molecule has 0 atom stereocenters. The maximum Gasteiger partial charge on any atom is 0.416 e. The van der Waals surface area contributed by atoms with Gasteiger partial charge in [-0.2, -0.15) is 13.2 Å². The Morgan fingerprint density at radius 1 is 1.16 bits per heavy atom. The van der Waals surface area contributed by atoms with Crippen molar-refractivity contribution in [2.75, 3.05) is 0 Å². The van der Waals surface area contributed by atoms with Gasteiger partial charge in [-0.15, -0.1) is 5.10 Å². The highest BCUT2D eigenvalue weighted by Gasteiger charge is 2.46. The van der Waals surface area contributed by atoms with Gasteiger partial charge < -0.3 is 10.4 Å². The molecule has 1 aromatic heterocycles. The Morgan fingerprint density at radius 2 is 1.84 bits per heavy atom. The van der Waals surface area contributed by atoms with Crippen LogP contribution < -0.4 is 5.32 Å². The summed E-state index contributed by atoms with van der Waals surface area (Å²) >= 11 is 0. The van der Waals surface area contributed by atoms with E-state index in [1.807, 2.05) is 0 Å². The van der Waals surface area contributed by atoms with E-state index in [-0.39, 0.29) is 17.8 Å². The fraction of sp³-hybridized carbons (Fsp3) is 0.273. The lowest BCUT2D eigenvalue weighted by atomic mass is 10.0. The van der Waals surface area contributed by atoms with Crippen LogP contribution in [0.15, 0.2) is 48.5 Å². The van der Waals surface area contributed by atoms with Crippen molar-refractivity contribution in [3.8, 4) is 0 Å². The van der Waals surface area contributed by atoms with E-state index >= 15 is 0 Å². The monoisotopic (exact) mass is 444 g/mol. The number of carboxylic acid groups (broad SMARTS) is 1. The smallest absolute Gasteiger partial charge is 0.416 e. The number of hydrogen-bond acceptors (Lipinski definition) is 4. The highest BCUT2D eigenvalue weighted by molar-refractivity contribution is 5.94. The van der Waals surface area contributed by atoms with Gasteiger partial charge in [-0.05, 0) is 55.2 Å². The lowest BCUT2D eigenvalue weighted by Crippen LogP contribution is -2.36. The summed E-state index contributed by atoms with van der Waals surface area (Å²) < 4.78 is 40.3. The fourth-order valence-corrected chi connectivity index (χ4v) is 3.63. The number of alkyl halides is 3. The van der Waals surface area contributed by atoms with Crippen molar-refractivity contribution in [3.63, 3.8) is 0 Å². The van der Waals surface area contributed by atoms with Gasteiger partial charge in [0.15, 0.2) is 0 Å². The Bertz CT molecular complexity index is 1180. The summed E-state index contributed by atoms with van der Waals surface area (Å²) in [6, 6.07) is 11.1. The number of rotatable bonds is 6. The van der Waals surface area contributed by atoms with Gasteiger partial charge in [0, 0.05) is 0 Å². The summed E-state index contributed by atoms with van der Waals surface area (Å²) in [7, 11) is 0. The lowest BCUT2D eigenvalue weighted by molar-refractivity contribution is -0.137. The molecule has 0 spiro atoms. The standard InChI is InChI=1S/C22H19F3N4O3/c1-13-18(29(28-27-13)12-14-3-2-4-17(11-14)22(23,24)25)19(30)26-21(9-10-21)16-7-5-15(6-8-16)20(31)32/h2-8,11H,9-10,12H2,1H3,(H,26,30)(H,31,32). The molecule has 0 bridgehead atoms. The van der Waals surface area contributed by atoms with Crippen LogP contribution in [-0.4, -0.2) is 32.0 Å². The zero-order valence-corrected chi connectivity index (χ0v) is 17.0. The normalized spacial score (nSPS) is 14.8. The summed E-state index contributed by atoms with van der Waals surface area (Å²) in [5, 5.41) is 19.9. The summed E-state index contributed by atoms with van der Waals surface area (Å²) in [5.41, 5.74) is 0.387. The van der Waals surface area contributed by atoms with Crippen LogP contribution in [0, 0.1) is 6.92 Å². The highest BCUT2D eigenvalue weighted by Crippen LogP contribution is 2.45. The molecule has 0 aliphatic heterocycles. The molecular formula is C22H19F3N4O3. The molecule has 2 aromatic carbocycles. The zero-order valence-electron chi connectivity index (χ0n) is 17.0. The van der Waals surface area contributed by atoms with E-state index in [1.165, 1.54) is 28.9 Å². The maximum atomic E-state index is 13.1. The van der Waals surface area contributed by atoms with Gasteiger partial charge in [-0.25, -0.2) is 9.48 Å². The van der Waals surface area contributed by atoms with Crippen molar-refractivity contribution in [2.24, 2.45) is 0 Å². The second-order valence-electron chi connectivity index (χ2n) is 7.80. The third-order valence-electron chi connectivity index (χ3n) is 5.49. The van der Waals surface area contributed by atoms with Crippen LogP contribution in [0.1, 0.15) is 56.1 Å². The van der Waals surface area contributed by atoms with E-state index in [0.717, 1.165) is 17.7 Å². The van der Waals surface area contributed by atoms with Crippen molar-refractivity contribution < 1.29 is 27.9 Å². The fourth-order valence-electron chi connectivity index (χ4n) is 3.63. The number of halogens is 3. The Morgan fingerprint density at radius 3 is 2.44 bits per heavy atom. The Balaban J connectivity index is 1.56. The van der Waals surface area contributed by atoms with Crippen molar-refractivity contribution in [3.05, 3.63) is 82.2 Å². The minimum Gasteiger partial charge on any atom is -0.478 e. The van der Waals surface area contributed by atoms with E-state index in [2.05, 4.69) is 15.6 Å². The van der Waals surface area contributed by atoms with E-state index in [1.54, 1.807) is 19.1 Å². The number of amides is 1. The molecular weight excluding hydrogens is 425 g/mol. The number of carbonyl (C=O) groups excluding carboxylic acids is 1. The van der Waals surface area contributed by atoms with E-state index < -0.39 is 29.2 Å². The molecule has 2 N–H and O–H groups in total. The quantitative estimate of drug-likeness (QED) is 0.603. The minimum absolute atomic E-state index is 0.0478. The van der Waals surface area contributed by atoms with Gasteiger partial charge in [0.05, 0.1) is 28.9 Å². The molecule has 0 unspecified atom stereocenters. The van der Waals surface area contributed by atoms with Crippen LogP contribution in [0.5, 0.6) is 0 Å². The number of aromatic carboxylic acids is 1. The van der Waals surface area contributed by atoms with Gasteiger partial charge in [-0.3, -0.25) is 4.79 Å². The second-order valence-corrected chi connectivity index (χ2v) is 7.80. The first-order valence-corrected chi connectivity index (χ1v) is 9.82. The first-order valence-electron chi connectivity index (χ1n) is 9.82. The highest BCUT2D eigenvalue weighted by atomic mass is 19.4. The van der Waals surface area contributed by atoms with Crippen LogP contribution in [0.25, 0.3) is 0 Å². The molecule has 3 aromatic rings. The number of aromatic nitrogens is 3. The molecule has 32 heavy (non-hydrogen) atoms. The molecule has 166 valence electrons. The van der Waals surface area contributed by atoms with Gasteiger partial charge >= 0.3 is 12.1 Å². The Hall–Kier alpha value is -3.69. The molecule has 0 radical (unpaired) electrons. The molecule has 1 fully saturated rings. The minimum atomic E-state index is -4.47. The van der Waals surface area contributed by atoms with Gasteiger partial charge in [0.25, 0.3) is 5.91 Å². The summed E-state index contributed by atoms with van der Waals surface area (Å²) in [6.45, 7) is 1.56. The summed E-state index contributed by atoms with van der Waals surface area (Å²) in [5.74, 6) is -1.48. The first-order chi connectivity index (χ1) is 15.1. The van der Waals surface area contributed by atoms with Crippen molar-refractivity contribution >= 4 is 11.9 Å². The third-order valence-corrected chi connectivity index (χ3v) is 5.49. The average Bonchev–Trinajstić information content (AvgIpc) is 3.43. The Kier molecular flexibility index (Phi) is 5.23. The topological polar surface area (TPSA) is 97.1 Å². The van der Waals surface area contributed by atoms with E-state index in [9.17, 15) is 22.8 Å². The van der Waals surface area contributed by atoms with Crippen LogP contribution in [0.2, 0.25) is 0 Å². The molecule has 1 aliphatic carbocycles. The predicted octanol–water partition coefficient (Wildman–Crippen LogP) is 3.77. The molecule has 4 rings (SSSR count). The van der Waals surface area contributed by atoms with Crippen LogP contribution >= 0.6 is 0 Å². The molecule has 1 heterocycles. The second kappa shape index (κ2) is 7.77. The number of carboxylic acids is 1. The predicted molar refractivity (Wildman–Crippen MR) is 107 cm³/mol. The molecule has 7 nitrogen and oxygen atoms in total. The third kappa shape index (κ3) is 4.20. The molecule has 1 saturated carbocycles. The molecule has 10 heteroatoms. The largest absolute Gasteiger partial charge is 0.478 e. The number of nitrogens with zero attached hydrogens (tertiary/aromatic N) is 3. The maximum absolute atomic E-state index is 13.1. The van der Waals surface area contributed by atoms with Crippen molar-refractivity contribution in [1.29, 1.82) is 0 Å². The van der Waals surface area contributed by atoms with Gasteiger partial charge in [0.2, 0.25) is 0 Å². The number of benzene rings is 2. The summed E-state index contributed by atoms with van der Waals surface area (Å²) in [6.07, 6.45) is -3.11. The van der Waals surface area contributed by atoms with Crippen LogP contribution in [0.4, 0.5) is 13.2 Å². The summed E-state index contributed by atoms with van der Waals surface area (Å²) in [4.78, 5) is 24.1. The average molecular weight is 444 g/mol. The van der Waals surface area contributed by atoms with Crippen LogP contribution in [-0.2, 0) is 18.3 Å². The number of aryl methyl sites for hydroxylation is 1. The van der Waals surface area contributed by atoms with Crippen molar-refractivity contribution in [2.45, 2.75) is 38.0 Å². The number of carbonyl (C=O) groups is 2. The van der Waals surface area contributed by atoms with Crippen LogP contribution in [0.3, 0.4) is 0 Å². The Labute approximate surface area is 180 Å². The molecule has 0 saturated heterocycles. The van der Waals surface area contributed by atoms with E-state index in [4.69, 9.17) is 5.11 Å². The molecule has 1 aliphatic rings. The van der Waals surface area contributed by atoms with Gasteiger partial charge in [-0.1, -0.05) is 29.5 Å². The lowest BCUT2D eigenvalue weighted by Gasteiger charge is -2.19. The van der Waals surface area contributed by atoms with E-state index in [0.29, 0.717) is 24.1 Å². The van der Waals surface area contributed by atoms with Crippen molar-refractivity contribution in [1.82, 2.24) is 20.3 Å². The van der Waals surface area contributed by atoms with Gasteiger partial charge in [0.1, 0.15) is 5.69 Å². The number of nitrogens with one attached hydrogen (secondary N) is 1.